The van der Waals surface area contributed by atoms with Crippen LogP contribution in [-0.4, -0.2) is 62.6 Å². The first-order chi connectivity index (χ1) is 19.3. The molecular formula is C29H30ClN5O5. The number of amides is 1. The molecule has 1 saturated heterocycles. The molecule has 2 aromatic carbocycles. The molecular weight excluding hydrogens is 534 g/mol. The summed E-state index contributed by atoms with van der Waals surface area (Å²) in [6, 6.07) is 14.0. The largest absolute Gasteiger partial charge is 0.457 e. The third-order valence-electron chi connectivity index (χ3n) is 6.84. The fraction of sp³-hybridized carbons (Fsp3) is 0.310. The average Bonchev–Trinajstić information content (AvgIpc) is 3.39. The van der Waals surface area contributed by atoms with Crippen LogP contribution in [0.1, 0.15) is 42.6 Å². The number of ether oxygens (including phenoxy) is 2. The minimum Gasteiger partial charge on any atom is -0.457 e. The van der Waals surface area contributed by atoms with Gasteiger partial charge in [0.1, 0.15) is 35.4 Å². The molecule has 5 rings (SSSR count). The van der Waals surface area contributed by atoms with E-state index in [4.69, 9.17) is 21.1 Å². The summed E-state index contributed by atoms with van der Waals surface area (Å²) < 4.78 is 11.8. The highest BCUT2D eigenvalue weighted by molar-refractivity contribution is 6.35. The molecule has 0 saturated carbocycles. The lowest BCUT2D eigenvalue weighted by Gasteiger charge is -2.33. The number of H-pyrrole nitrogens is 1. The van der Waals surface area contributed by atoms with Crippen molar-refractivity contribution in [2.75, 3.05) is 11.9 Å². The van der Waals surface area contributed by atoms with E-state index in [2.05, 4.69) is 25.6 Å². The number of aromatic amines is 1. The van der Waals surface area contributed by atoms with Gasteiger partial charge in [-0.25, -0.2) is 9.97 Å². The number of aliphatic hydroxyl groups is 1. The second-order valence-corrected chi connectivity index (χ2v) is 10.2. The molecule has 4 N–H and O–H groups in total. The summed E-state index contributed by atoms with van der Waals surface area (Å²) >= 11 is 6.53. The minimum atomic E-state index is -1.07. The van der Waals surface area contributed by atoms with E-state index < -0.39 is 12.0 Å². The predicted octanol–water partition coefficient (Wildman–Crippen LogP) is 4.48. The topological polar surface area (TPSA) is 138 Å². The third kappa shape index (κ3) is 6.09. The Bertz CT molecular complexity index is 1500. The molecule has 10 nitrogen and oxygen atoms in total. The van der Waals surface area contributed by atoms with E-state index in [-0.39, 0.29) is 29.0 Å². The van der Waals surface area contributed by atoms with Gasteiger partial charge in [0.25, 0.3) is 0 Å². The Morgan fingerprint density at radius 2 is 1.90 bits per heavy atom. The Hall–Kier alpha value is -3.99. The number of nitrogens with one attached hydrogen (secondary N) is 3. The molecule has 4 aromatic rings. The van der Waals surface area contributed by atoms with Crippen LogP contribution < -0.4 is 15.4 Å². The molecule has 1 aliphatic heterocycles. The van der Waals surface area contributed by atoms with Gasteiger partial charge in [-0.15, -0.1) is 0 Å². The van der Waals surface area contributed by atoms with E-state index >= 15 is 0 Å². The number of nitrogens with zero attached hydrogens (tertiary/aromatic N) is 2. The zero-order valence-electron chi connectivity index (χ0n) is 22.1. The SMILES string of the molecule is C[C@H](NC(=O)[C@@H](C)O)[C@@H]1CC[C@@H](Nc2ncnc3[nH]cc(C(=O)c4ccc(Oc5ccccc5)cc4Cl)c23)CO1. The van der Waals surface area contributed by atoms with Crippen molar-refractivity contribution in [2.24, 2.45) is 0 Å². The van der Waals surface area contributed by atoms with Gasteiger partial charge in [0.05, 0.1) is 40.8 Å². The molecule has 0 unspecified atom stereocenters. The van der Waals surface area contributed by atoms with Crippen molar-refractivity contribution in [1.82, 2.24) is 20.3 Å². The quantitative estimate of drug-likeness (QED) is 0.219. The number of carbonyl (C=O) groups excluding carboxylic acids is 2. The van der Waals surface area contributed by atoms with Crippen molar-refractivity contribution in [2.45, 2.75) is 51.0 Å². The fourth-order valence-corrected chi connectivity index (χ4v) is 4.93. The van der Waals surface area contributed by atoms with Crippen LogP contribution in [0.15, 0.2) is 61.1 Å². The van der Waals surface area contributed by atoms with E-state index in [0.29, 0.717) is 52.5 Å². The molecule has 1 amide bonds. The van der Waals surface area contributed by atoms with Gasteiger partial charge in [-0.2, -0.15) is 0 Å². The molecule has 3 heterocycles. The fourth-order valence-electron chi connectivity index (χ4n) is 4.68. The number of anilines is 1. The van der Waals surface area contributed by atoms with Gasteiger partial charge in [0.15, 0.2) is 5.78 Å². The van der Waals surface area contributed by atoms with Crippen LogP contribution in [0.4, 0.5) is 5.82 Å². The first-order valence-corrected chi connectivity index (χ1v) is 13.4. The molecule has 208 valence electrons. The van der Waals surface area contributed by atoms with Crippen LogP contribution >= 0.6 is 11.6 Å². The summed E-state index contributed by atoms with van der Waals surface area (Å²) in [5.74, 6) is 0.995. The van der Waals surface area contributed by atoms with Crippen LogP contribution in [-0.2, 0) is 9.53 Å². The maximum atomic E-state index is 13.6. The number of carbonyl (C=O) groups is 2. The van der Waals surface area contributed by atoms with Crippen molar-refractivity contribution in [3.8, 4) is 11.5 Å². The van der Waals surface area contributed by atoms with Gasteiger partial charge in [0.2, 0.25) is 5.91 Å². The number of ketones is 1. The Balaban J connectivity index is 1.30. The van der Waals surface area contributed by atoms with Gasteiger partial charge < -0.3 is 30.2 Å². The van der Waals surface area contributed by atoms with Gasteiger partial charge in [0, 0.05) is 17.8 Å². The second-order valence-electron chi connectivity index (χ2n) is 9.80. The normalized spacial score (nSPS) is 18.6. The first-order valence-electron chi connectivity index (χ1n) is 13.1. The Labute approximate surface area is 236 Å². The lowest BCUT2D eigenvalue weighted by Crippen LogP contribution is -2.49. The van der Waals surface area contributed by atoms with Crippen molar-refractivity contribution in [1.29, 1.82) is 0 Å². The molecule has 1 aliphatic rings. The van der Waals surface area contributed by atoms with E-state index in [1.807, 2.05) is 37.3 Å². The summed E-state index contributed by atoms with van der Waals surface area (Å²) in [7, 11) is 0. The lowest BCUT2D eigenvalue weighted by molar-refractivity contribution is -0.130. The highest BCUT2D eigenvalue weighted by Gasteiger charge is 2.29. The van der Waals surface area contributed by atoms with Gasteiger partial charge in [-0.05, 0) is 51.0 Å². The molecule has 0 aliphatic carbocycles. The van der Waals surface area contributed by atoms with Crippen LogP contribution in [0, 0.1) is 0 Å². The summed E-state index contributed by atoms with van der Waals surface area (Å²) in [5, 5.41) is 16.4. The van der Waals surface area contributed by atoms with Crippen LogP contribution in [0.5, 0.6) is 11.5 Å². The van der Waals surface area contributed by atoms with Crippen molar-refractivity contribution < 1.29 is 24.2 Å². The molecule has 0 bridgehead atoms. The molecule has 1 fully saturated rings. The molecule has 0 radical (unpaired) electrons. The van der Waals surface area contributed by atoms with Crippen LogP contribution in [0.3, 0.4) is 0 Å². The van der Waals surface area contributed by atoms with Crippen LogP contribution in [0.25, 0.3) is 11.0 Å². The smallest absolute Gasteiger partial charge is 0.248 e. The number of fused-ring (bicyclic) bond motifs is 1. The summed E-state index contributed by atoms with van der Waals surface area (Å²) in [5.41, 5.74) is 1.24. The molecule has 2 aromatic heterocycles. The molecule has 0 spiro atoms. The summed E-state index contributed by atoms with van der Waals surface area (Å²) in [6.07, 6.45) is 3.24. The van der Waals surface area contributed by atoms with E-state index in [1.165, 1.54) is 13.3 Å². The van der Waals surface area contributed by atoms with Gasteiger partial charge >= 0.3 is 0 Å². The highest BCUT2D eigenvalue weighted by atomic mass is 35.5. The summed E-state index contributed by atoms with van der Waals surface area (Å²) in [6.45, 7) is 3.67. The first kappa shape index (κ1) is 27.6. The second kappa shape index (κ2) is 12.0. The monoisotopic (exact) mass is 563 g/mol. The number of hydrogen-bond acceptors (Lipinski definition) is 8. The van der Waals surface area contributed by atoms with E-state index in [9.17, 15) is 14.7 Å². The molecule has 4 atom stereocenters. The number of halogens is 1. The van der Waals surface area contributed by atoms with Gasteiger partial charge in [-0.1, -0.05) is 29.8 Å². The van der Waals surface area contributed by atoms with Crippen molar-refractivity contribution in [3.63, 3.8) is 0 Å². The third-order valence-corrected chi connectivity index (χ3v) is 7.15. The Morgan fingerprint density at radius 1 is 1.10 bits per heavy atom. The number of para-hydroxylation sites is 1. The zero-order chi connectivity index (χ0) is 28.2. The minimum absolute atomic E-state index is 0.0649. The predicted molar refractivity (Wildman–Crippen MR) is 151 cm³/mol. The highest BCUT2D eigenvalue weighted by Crippen LogP contribution is 2.32. The van der Waals surface area contributed by atoms with Crippen molar-refractivity contribution in [3.05, 3.63) is 77.2 Å². The van der Waals surface area contributed by atoms with Crippen LogP contribution in [0.2, 0.25) is 5.02 Å². The Kier molecular flexibility index (Phi) is 8.29. The lowest BCUT2D eigenvalue weighted by atomic mass is 9.99. The number of aromatic nitrogens is 3. The standard InChI is InChI=1S/C29H30ClN5O5/c1-16(34-29(38)17(2)36)24-11-8-18(14-39-24)35-28-25-22(13-31-27(25)32-15-33-28)26(37)21-10-9-20(12-23(21)30)40-19-6-4-3-5-7-19/h3-7,9-10,12-13,15-18,24,36H,8,11,14H2,1-2H3,(H,34,38)(H2,31,32,33,35)/t16-,17+,18+,24-/m0/s1. The molecule has 11 heteroatoms. The van der Waals surface area contributed by atoms with E-state index in [0.717, 1.165) is 6.42 Å². The number of rotatable bonds is 9. The zero-order valence-corrected chi connectivity index (χ0v) is 22.8. The van der Waals surface area contributed by atoms with E-state index in [1.54, 1.807) is 24.4 Å². The summed E-state index contributed by atoms with van der Waals surface area (Å²) in [4.78, 5) is 37.2. The number of aliphatic hydroxyl groups excluding tert-OH is 1. The van der Waals surface area contributed by atoms with Crippen molar-refractivity contribution >= 4 is 40.1 Å². The van der Waals surface area contributed by atoms with Gasteiger partial charge in [-0.3, -0.25) is 9.59 Å². The maximum absolute atomic E-state index is 13.6. The maximum Gasteiger partial charge on any atom is 0.248 e. The number of hydrogen-bond donors (Lipinski definition) is 4. The Morgan fingerprint density at radius 3 is 2.60 bits per heavy atom. The number of benzene rings is 2. The average molecular weight is 564 g/mol. The molecule has 40 heavy (non-hydrogen) atoms.